The number of hydrogen-bond donors (Lipinski definition) is 1. The maximum atomic E-state index is 12.5. The summed E-state index contributed by atoms with van der Waals surface area (Å²) in [5.74, 6) is 0. The van der Waals surface area contributed by atoms with Crippen molar-refractivity contribution in [3.8, 4) is 0 Å². The van der Waals surface area contributed by atoms with Gasteiger partial charge in [-0.25, -0.2) is 8.42 Å². The average Bonchev–Trinajstić information content (AvgIpc) is 2.47. The molecule has 0 bridgehead atoms. The first-order valence-corrected chi connectivity index (χ1v) is 7.67. The molecule has 0 saturated carbocycles. The van der Waals surface area contributed by atoms with E-state index < -0.39 is 21.1 Å². The SMILES string of the molecule is CC(C(N)c1ccccc1)S(=O)(=O)c1ccccc1. The first-order chi connectivity index (χ1) is 9.03. The quantitative estimate of drug-likeness (QED) is 0.932. The summed E-state index contributed by atoms with van der Waals surface area (Å²) in [6.07, 6.45) is 0. The molecule has 0 fully saturated rings. The normalized spacial score (nSPS) is 14.8. The van der Waals surface area contributed by atoms with Crippen LogP contribution in [0.15, 0.2) is 65.6 Å². The van der Waals surface area contributed by atoms with E-state index in [0.717, 1.165) is 5.56 Å². The molecule has 19 heavy (non-hydrogen) atoms. The summed E-state index contributed by atoms with van der Waals surface area (Å²) in [6.45, 7) is 1.65. The standard InChI is InChI=1S/C15H17NO2S/c1-12(15(16)13-8-4-2-5-9-13)19(17,18)14-10-6-3-7-11-14/h2-12,15H,16H2,1H3. The molecule has 100 valence electrons. The summed E-state index contributed by atoms with van der Waals surface area (Å²) >= 11 is 0. The predicted molar refractivity (Wildman–Crippen MR) is 76.5 cm³/mol. The van der Waals surface area contributed by atoms with E-state index in [9.17, 15) is 8.42 Å². The Kier molecular flexibility index (Phi) is 4.02. The van der Waals surface area contributed by atoms with Gasteiger partial charge in [-0.1, -0.05) is 48.5 Å². The van der Waals surface area contributed by atoms with E-state index in [2.05, 4.69) is 0 Å². The third-order valence-corrected chi connectivity index (χ3v) is 5.45. The Morgan fingerprint density at radius 1 is 0.895 bits per heavy atom. The molecule has 0 radical (unpaired) electrons. The van der Waals surface area contributed by atoms with Gasteiger partial charge in [-0.3, -0.25) is 0 Å². The Hall–Kier alpha value is -1.65. The van der Waals surface area contributed by atoms with Crippen LogP contribution in [0.3, 0.4) is 0 Å². The highest BCUT2D eigenvalue weighted by atomic mass is 32.2. The van der Waals surface area contributed by atoms with Crippen molar-refractivity contribution in [1.82, 2.24) is 0 Å². The van der Waals surface area contributed by atoms with E-state index >= 15 is 0 Å². The largest absolute Gasteiger partial charge is 0.323 e. The third kappa shape index (κ3) is 2.85. The summed E-state index contributed by atoms with van der Waals surface area (Å²) in [7, 11) is -3.41. The van der Waals surface area contributed by atoms with Crippen molar-refractivity contribution in [2.24, 2.45) is 5.73 Å². The molecule has 2 aromatic carbocycles. The molecule has 0 spiro atoms. The molecule has 0 amide bonds. The minimum atomic E-state index is -3.41. The van der Waals surface area contributed by atoms with E-state index in [0.29, 0.717) is 4.90 Å². The molecule has 0 saturated heterocycles. The predicted octanol–water partition coefficient (Wildman–Crippen LogP) is 2.55. The number of hydrogen-bond acceptors (Lipinski definition) is 3. The fourth-order valence-corrected chi connectivity index (χ4v) is 3.47. The van der Waals surface area contributed by atoms with Gasteiger partial charge >= 0.3 is 0 Å². The Morgan fingerprint density at radius 3 is 1.89 bits per heavy atom. The van der Waals surface area contributed by atoms with Gasteiger partial charge in [0.25, 0.3) is 0 Å². The molecule has 3 nitrogen and oxygen atoms in total. The fraction of sp³-hybridized carbons (Fsp3) is 0.200. The van der Waals surface area contributed by atoms with E-state index in [4.69, 9.17) is 5.73 Å². The van der Waals surface area contributed by atoms with Gasteiger partial charge in [-0.05, 0) is 24.6 Å². The van der Waals surface area contributed by atoms with Crippen LogP contribution in [0, 0.1) is 0 Å². The molecule has 2 unspecified atom stereocenters. The second-order valence-corrected chi connectivity index (χ2v) is 6.80. The van der Waals surface area contributed by atoms with Crippen molar-refractivity contribution >= 4 is 9.84 Å². The number of rotatable bonds is 4. The van der Waals surface area contributed by atoms with E-state index in [1.165, 1.54) is 0 Å². The van der Waals surface area contributed by atoms with Crippen molar-refractivity contribution < 1.29 is 8.42 Å². The van der Waals surface area contributed by atoms with Crippen LogP contribution >= 0.6 is 0 Å². The van der Waals surface area contributed by atoms with Crippen LogP contribution in [-0.4, -0.2) is 13.7 Å². The Bertz CT molecular complexity index is 624. The smallest absolute Gasteiger partial charge is 0.182 e. The summed E-state index contributed by atoms with van der Waals surface area (Å²) in [4.78, 5) is 0.314. The van der Waals surface area contributed by atoms with E-state index in [1.54, 1.807) is 37.3 Å². The lowest BCUT2D eigenvalue weighted by Gasteiger charge is -2.20. The average molecular weight is 275 g/mol. The summed E-state index contributed by atoms with van der Waals surface area (Å²) < 4.78 is 24.9. The highest BCUT2D eigenvalue weighted by Crippen LogP contribution is 2.24. The summed E-state index contributed by atoms with van der Waals surface area (Å²) in [5, 5.41) is -0.669. The first-order valence-electron chi connectivity index (χ1n) is 6.13. The van der Waals surface area contributed by atoms with Gasteiger partial charge < -0.3 is 5.73 Å². The molecule has 0 heterocycles. The van der Waals surface area contributed by atoms with E-state index in [-0.39, 0.29) is 0 Å². The zero-order valence-electron chi connectivity index (χ0n) is 10.7. The molecule has 0 aliphatic carbocycles. The van der Waals surface area contributed by atoms with Gasteiger partial charge in [-0.15, -0.1) is 0 Å². The minimum Gasteiger partial charge on any atom is -0.323 e. The molecule has 0 aliphatic rings. The van der Waals surface area contributed by atoms with Crippen LogP contribution < -0.4 is 5.73 Å². The first kappa shape index (κ1) is 13.8. The zero-order chi connectivity index (χ0) is 13.9. The second kappa shape index (κ2) is 5.55. The lowest BCUT2D eigenvalue weighted by molar-refractivity contribution is 0.565. The van der Waals surface area contributed by atoms with Gasteiger partial charge in [0, 0.05) is 6.04 Å². The Morgan fingerprint density at radius 2 is 1.37 bits per heavy atom. The molecule has 0 aliphatic heterocycles. The molecule has 2 N–H and O–H groups in total. The Balaban J connectivity index is 2.32. The van der Waals surface area contributed by atoms with Crippen molar-refractivity contribution in [2.45, 2.75) is 23.1 Å². The van der Waals surface area contributed by atoms with Gasteiger partial charge in [0.2, 0.25) is 0 Å². The lowest BCUT2D eigenvalue weighted by atomic mass is 10.1. The highest BCUT2D eigenvalue weighted by Gasteiger charge is 2.29. The molecule has 2 aromatic rings. The summed E-state index contributed by atoms with van der Waals surface area (Å²) in [6, 6.07) is 17.2. The molecule has 4 heteroatoms. The van der Waals surface area contributed by atoms with Crippen molar-refractivity contribution in [3.05, 3.63) is 66.2 Å². The van der Waals surface area contributed by atoms with Gasteiger partial charge in [0.15, 0.2) is 9.84 Å². The van der Waals surface area contributed by atoms with Crippen LogP contribution in [0.1, 0.15) is 18.5 Å². The monoisotopic (exact) mass is 275 g/mol. The number of sulfone groups is 1. The number of benzene rings is 2. The molecular formula is C15H17NO2S. The number of nitrogens with two attached hydrogens (primary N) is 1. The highest BCUT2D eigenvalue weighted by molar-refractivity contribution is 7.92. The minimum absolute atomic E-state index is 0.314. The fourth-order valence-electron chi connectivity index (χ4n) is 1.96. The summed E-state index contributed by atoms with van der Waals surface area (Å²) in [5.41, 5.74) is 6.91. The van der Waals surface area contributed by atoms with Crippen LogP contribution in [0.25, 0.3) is 0 Å². The van der Waals surface area contributed by atoms with Gasteiger partial charge in [-0.2, -0.15) is 0 Å². The maximum absolute atomic E-state index is 12.5. The van der Waals surface area contributed by atoms with Crippen molar-refractivity contribution in [3.63, 3.8) is 0 Å². The van der Waals surface area contributed by atoms with Gasteiger partial charge in [0.05, 0.1) is 10.1 Å². The van der Waals surface area contributed by atoms with Crippen LogP contribution in [0.2, 0.25) is 0 Å². The zero-order valence-corrected chi connectivity index (χ0v) is 11.5. The van der Waals surface area contributed by atoms with Crippen LogP contribution in [0.5, 0.6) is 0 Å². The van der Waals surface area contributed by atoms with Crippen molar-refractivity contribution in [2.75, 3.05) is 0 Å². The molecular weight excluding hydrogens is 258 g/mol. The van der Waals surface area contributed by atoms with Crippen LogP contribution in [0.4, 0.5) is 0 Å². The maximum Gasteiger partial charge on any atom is 0.182 e. The molecule has 2 atom stereocenters. The molecule has 2 rings (SSSR count). The van der Waals surface area contributed by atoms with Crippen molar-refractivity contribution in [1.29, 1.82) is 0 Å². The Labute approximate surface area is 114 Å². The lowest BCUT2D eigenvalue weighted by Crippen LogP contribution is -2.31. The molecule has 0 aromatic heterocycles. The topological polar surface area (TPSA) is 60.2 Å². The second-order valence-electron chi connectivity index (χ2n) is 4.50. The van der Waals surface area contributed by atoms with E-state index in [1.807, 2.05) is 30.3 Å². The third-order valence-electron chi connectivity index (χ3n) is 3.25. The van der Waals surface area contributed by atoms with Gasteiger partial charge in [0.1, 0.15) is 0 Å². The van der Waals surface area contributed by atoms with Crippen LogP contribution in [-0.2, 0) is 9.84 Å².